The SMILES string of the molecule is Cc1nn(-c2ccc(C(F)(F)F)cc2)nc1CSc1ccc2c(ccn2C2(C(=O)O)CCCCC2)c1. The summed E-state index contributed by atoms with van der Waals surface area (Å²) in [5.41, 5.74) is 1.21. The van der Waals surface area contributed by atoms with E-state index >= 15 is 0 Å². The van der Waals surface area contributed by atoms with Crippen molar-refractivity contribution in [3.8, 4) is 5.69 Å². The van der Waals surface area contributed by atoms with Crippen molar-refractivity contribution in [1.29, 1.82) is 0 Å². The fourth-order valence-corrected chi connectivity index (χ4v) is 5.82. The predicted molar refractivity (Wildman–Crippen MR) is 131 cm³/mol. The first-order valence-corrected chi connectivity index (χ1v) is 12.7. The smallest absolute Gasteiger partial charge is 0.416 e. The van der Waals surface area contributed by atoms with E-state index in [-0.39, 0.29) is 0 Å². The van der Waals surface area contributed by atoms with E-state index in [1.54, 1.807) is 11.8 Å². The molecule has 0 spiro atoms. The van der Waals surface area contributed by atoms with Gasteiger partial charge in [-0.25, -0.2) is 4.79 Å². The Morgan fingerprint density at radius 3 is 2.44 bits per heavy atom. The number of nitrogens with zero attached hydrogens (tertiary/aromatic N) is 4. The van der Waals surface area contributed by atoms with Crippen molar-refractivity contribution >= 4 is 28.6 Å². The molecule has 36 heavy (non-hydrogen) atoms. The molecule has 188 valence electrons. The van der Waals surface area contributed by atoms with Gasteiger partial charge in [0.2, 0.25) is 0 Å². The van der Waals surface area contributed by atoms with Gasteiger partial charge in [0.1, 0.15) is 5.54 Å². The summed E-state index contributed by atoms with van der Waals surface area (Å²) < 4.78 is 40.4. The monoisotopic (exact) mass is 514 g/mol. The Balaban J connectivity index is 1.33. The highest BCUT2D eigenvalue weighted by Crippen LogP contribution is 2.39. The van der Waals surface area contributed by atoms with Crippen molar-refractivity contribution in [2.24, 2.45) is 0 Å². The maximum Gasteiger partial charge on any atom is 0.416 e. The minimum Gasteiger partial charge on any atom is -0.479 e. The van der Waals surface area contributed by atoms with Crippen molar-refractivity contribution in [1.82, 2.24) is 19.6 Å². The third-order valence-electron chi connectivity index (χ3n) is 6.88. The van der Waals surface area contributed by atoms with Crippen LogP contribution in [0.5, 0.6) is 0 Å². The molecule has 1 aliphatic carbocycles. The van der Waals surface area contributed by atoms with Crippen LogP contribution >= 0.6 is 11.8 Å². The molecule has 1 saturated carbocycles. The zero-order valence-corrected chi connectivity index (χ0v) is 20.4. The van der Waals surface area contributed by atoms with Gasteiger partial charge in [0, 0.05) is 27.7 Å². The van der Waals surface area contributed by atoms with E-state index in [4.69, 9.17) is 0 Å². The number of aryl methyl sites for hydroxylation is 1. The Kier molecular flexibility index (Phi) is 6.32. The first-order chi connectivity index (χ1) is 17.2. The molecule has 5 rings (SSSR count). The van der Waals surface area contributed by atoms with Crippen LogP contribution in [0.25, 0.3) is 16.6 Å². The van der Waals surface area contributed by atoms with Crippen LogP contribution < -0.4 is 0 Å². The highest BCUT2D eigenvalue weighted by Gasteiger charge is 2.41. The minimum atomic E-state index is -4.39. The Labute approximate surface area is 210 Å². The number of carboxylic acid groups (broad SMARTS) is 1. The van der Waals surface area contributed by atoms with Gasteiger partial charge in [0.05, 0.1) is 22.6 Å². The van der Waals surface area contributed by atoms with E-state index in [0.717, 1.165) is 52.9 Å². The van der Waals surface area contributed by atoms with Crippen LogP contribution in [0.3, 0.4) is 0 Å². The molecular formula is C26H25F3N4O2S. The fraction of sp³-hybridized carbons (Fsp3) is 0.346. The molecule has 6 nitrogen and oxygen atoms in total. The van der Waals surface area contributed by atoms with Crippen LogP contribution in [-0.4, -0.2) is 30.6 Å². The van der Waals surface area contributed by atoms with Crippen LogP contribution in [0.2, 0.25) is 0 Å². The van der Waals surface area contributed by atoms with Crippen molar-refractivity contribution in [3.05, 3.63) is 71.7 Å². The summed E-state index contributed by atoms with van der Waals surface area (Å²) in [7, 11) is 0. The van der Waals surface area contributed by atoms with E-state index < -0.39 is 23.2 Å². The fourth-order valence-electron chi connectivity index (χ4n) is 4.87. The van der Waals surface area contributed by atoms with Crippen LogP contribution in [0.15, 0.2) is 59.6 Å². The van der Waals surface area contributed by atoms with Crippen molar-refractivity contribution < 1.29 is 23.1 Å². The van der Waals surface area contributed by atoms with Gasteiger partial charge in [-0.2, -0.15) is 28.2 Å². The van der Waals surface area contributed by atoms with Crippen molar-refractivity contribution in [3.63, 3.8) is 0 Å². The summed E-state index contributed by atoms with van der Waals surface area (Å²) in [5, 5.41) is 19.9. The van der Waals surface area contributed by atoms with Gasteiger partial charge in [0.15, 0.2) is 0 Å². The topological polar surface area (TPSA) is 72.9 Å². The molecule has 2 aromatic carbocycles. The van der Waals surface area contributed by atoms with Crippen molar-refractivity contribution in [2.75, 3.05) is 0 Å². The van der Waals surface area contributed by atoms with Gasteiger partial charge in [-0.15, -0.1) is 11.8 Å². The highest BCUT2D eigenvalue weighted by molar-refractivity contribution is 7.98. The number of halogens is 3. The molecule has 0 atom stereocenters. The summed E-state index contributed by atoms with van der Waals surface area (Å²) in [5.74, 6) is -0.234. The molecule has 0 amide bonds. The Morgan fingerprint density at radius 2 is 1.78 bits per heavy atom. The average Bonchev–Trinajstić information content (AvgIpc) is 3.46. The minimum absolute atomic E-state index is 0.459. The standard InChI is InChI=1S/C26H25F3N4O2S/c1-17-22(31-33(30-17)20-7-5-19(6-8-20)26(27,28)29)16-36-21-9-10-23-18(15-21)11-14-32(23)25(24(34)35)12-3-2-4-13-25/h5-11,14-15H,2-4,12-13,16H2,1H3,(H,34,35). The molecular weight excluding hydrogens is 489 g/mol. The number of aliphatic carboxylic acids is 1. The van der Waals surface area contributed by atoms with E-state index in [1.807, 2.05) is 42.0 Å². The maximum absolute atomic E-state index is 12.8. The molecule has 0 unspecified atom stereocenters. The zero-order chi connectivity index (χ0) is 25.5. The molecule has 0 bridgehead atoms. The second kappa shape index (κ2) is 9.31. The van der Waals surface area contributed by atoms with Gasteiger partial charge in [0.25, 0.3) is 0 Å². The summed E-state index contributed by atoms with van der Waals surface area (Å²) in [4.78, 5) is 14.6. The quantitative estimate of drug-likeness (QED) is 0.294. The lowest BCUT2D eigenvalue weighted by molar-refractivity contribution is -0.149. The average molecular weight is 515 g/mol. The number of alkyl halides is 3. The molecule has 1 fully saturated rings. The van der Waals surface area contributed by atoms with E-state index in [1.165, 1.54) is 16.9 Å². The number of benzene rings is 2. The van der Waals surface area contributed by atoms with Crippen LogP contribution in [0.4, 0.5) is 13.2 Å². The molecule has 0 aliphatic heterocycles. The summed E-state index contributed by atoms with van der Waals surface area (Å²) in [6, 6.07) is 12.7. The largest absolute Gasteiger partial charge is 0.479 e. The third kappa shape index (κ3) is 4.50. The molecule has 2 aromatic heterocycles. The number of carboxylic acids is 1. The number of aromatic nitrogens is 4. The second-order valence-corrected chi connectivity index (χ2v) is 10.2. The van der Waals surface area contributed by atoms with Crippen LogP contribution in [0.1, 0.15) is 49.1 Å². The number of hydrogen-bond acceptors (Lipinski definition) is 4. The number of rotatable bonds is 6. The van der Waals surface area contributed by atoms with Gasteiger partial charge in [-0.05, 0) is 68.3 Å². The van der Waals surface area contributed by atoms with Crippen LogP contribution in [0, 0.1) is 6.92 Å². The van der Waals surface area contributed by atoms with Gasteiger partial charge >= 0.3 is 12.1 Å². The molecule has 1 N–H and O–H groups in total. The number of hydrogen-bond donors (Lipinski definition) is 1. The molecule has 0 radical (unpaired) electrons. The highest BCUT2D eigenvalue weighted by atomic mass is 32.2. The molecule has 0 saturated heterocycles. The zero-order valence-electron chi connectivity index (χ0n) is 19.6. The Hall–Kier alpha value is -3.27. The molecule has 2 heterocycles. The van der Waals surface area contributed by atoms with Crippen molar-refractivity contribution in [2.45, 2.75) is 61.4 Å². The predicted octanol–water partition coefficient (Wildman–Crippen LogP) is 6.59. The normalized spacial score (nSPS) is 15.9. The number of fused-ring (bicyclic) bond motifs is 1. The molecule has 1 aliphatic rings. The summed E-state index contributed by atoms with van der Waals surface area (Å²) >= 11 is 1.58. The van der Waals surface area contributed by atoms with Gasteiger partial charge in [-0.1, -0.05) is 19.3 Å². The lowest BCUT2D eigenvalue weighted by Gasteiger charge is -2.35. The number of thioether (sulfide) groups is 1. The van der Waals surface area contributed by atoms with Gasteiger partial charge < -0.3 is 9.67 Å². The summed E-state index contributed by atoms with van der Waals surface area (Å²) in [6.45, 7) is 1.82. The first kappa shape index (κ1) is 24.4. The maximum atomic E-state index is 12.8. The Bertz CT molecular complexity index is 1400. The summed E-state index contributed by atoms with van der Waals surface area (Å²) in [6.07, 6.45) is 1.66. The third-order valence-corrected chi connectivity index (χ3v) is 7.89. The molecule has 10 heteroatoms. The van der Waals surface area contributed by atoms with Crippen LogP contribution in [-0.2, 0) is 22.3 Å². The first-order valence-electron chi connectivity index (χ1n) is 11.8. The second-order valence-electron chi connectivity index (χ2n) is 9.16. The van der Waals surface area contributed by atoms with E-state index in [9.17, 15) is 23.1 Å². The van der Waals surface area contributed by atoms with E-state index in [2.05, 4.69) is 10.2 Å². The molecule has 4 aromatic rings. The lowest BCUT2D eigenvalue weighted by atomic mass is 9.81. The van der Waals surface area contributed by atoms with E-state index in [0.29, 0.717) is 30.0 Å². The number of carbonyl (C=O) groups is 1. The lowest BCUT2D eigenvalue weighted by Crippen LogP contribution is -2.43. The van der Waals surface area contributed by atoms with Gasteiger partial charge in [-0.3, -0.25) is 0 Å². The Morgan fingerprint density at radius 1 is 1.06 bits per heavy atom.